The monoisotopic (exact) mass is 374 g/mol. The Balaban J connectivity index is 1.57. The van der Waals surface area contributed by atoms with Gasteiger partial charge in [-0.1, -0.05) is 0 Å². The first-order valence-electron chi connectivity index (χ1n) is 9.02. The van der Waals surface area contributed by atoms with E-state index in [1.807, 2.05) is 0 Å². The zero-order chi connectivity index (χ0) is 19.4. The molecule has 1 saturated heterocycles. The number of rotatable bonds is 4. The summed E-state index contributed by atoms with van der Waals surface area (Å²) in [6.45, 7) is 4.91. The van der Waals surface area contributed by atoms with E-state index in [1.54, 1.807) is 36.9 Å². The van der Waals surface area contributed by atoms with E-state index in [0.717, 1.165) is 5.56 Å². The number of aryl methyl sites for hydroxylation is 1. The first kappa shape index (κ1) is 18.9. The SMILES string of the molecule is CCOC(=O)N1CCC(NC(=O)c2cc(-c3ccc(F)c(C)c3)n[nH]2)CC1. The number of nitrogens with zero attached hydrogens (tertiary/aromatic N) is 2. The molecule has 0 unspecified atom stereocenters. The molecule has 0 spiro atoms. The normalized spacial score (nSPS) is 14.9. The van der Waals surface area contributed by atoms with Crippen LogP contribution in [0.4, 0.5) is 9.18 Å². The number of piperidine rings is 1. The Morgan fingerprint density at radius 2 is 2.07 bits per heavy atom. The van der Waals surface area contributed by atoms with E-state index in [1.165, 1.54) is 6.07 Å². The third-order valence-electron chi connectivity index (χ3n) is 4.63. The second kappa shape index (κ2) is 8.20. The van der Waals surface area contributed by atoms with Gasteiger partial charge in [-0.25, -0.2) is 9.18 Å². The van der Waals surface area contributed by atoms with Crippen LogP contribution in [-0.4, -0.2) is 52.8 Å². The minimum absolute atomic E-state index is 0.0111. The molecule has 27 heavy (non-hydrogen) atoms. The molecule has 0 saturated carbocycles. The molecular weight excluding hydrogens is 351 g/mol. The number of halogens is 1. The Labute approximate surface area is 156 Å². The highest BCUT2D eigenvalue weighted by molar-refractivity contribution is 5.93. The van der Waals surface area contributed by atoms with Gasteiger partial charge in [0, 0.05) is 24.7 Å². The van der Waals surface area contributed by atoms with E-state index in [-0.39, 0.29) is 23.9 Å². The maximum atomic E-state index is 13.4. The summed E-state index contributed by atoms with van der Waals surface area (Å²) in [7, 11) is 0. The molecule has 3 rings (SSSR count). The van der Waals surface area contributed by atoms with Gasteiger partial charge in [0.15, 0.2) is 0 Å². The summed E-state index contributed by atoms with van der Waals surface area (Å²) in [6.07, 6.45) is 1.03. The fourth-order valence-electron chi connectivity index (χ4n) is 3.07. The average molecular weight is 374 g/mol. The number of aromatic amines is 1. The second-order valence-corrected chi connectivity index (χ2v) is 6.56. The van der Waals surface area contributed by atoms with Gasteiger partial charge in [0.25, 0.3) is 5.91 Å². The molecular formula is C19H23FN4O3. The van der Waals surface area contributed by atoms with Crippen LogP contribution >= 0.6 is 0 Å². The Morgan fingerprint density at radius 3 is 2.74 bits per heavy atom. The number of likely N-dealkylation sites (tertiary alicyclic amines) is 1. The van der Waals surface area contributed by atoms with Crippen molar-refractivity contribution in [2.24, 2.45) is 0 Å². The zero-order valence-corrected chi connectivity index (χ0v) is 15.4. The summed E-state index contributed by atoms with van der Waals surface area (Å²) in [6, 6.07) is 6.35. The van der Waals surface area contributed by atoms with Crippen LogP contribution in [0.1, 0.15) is 35.8 Å². The quantitative estimate of drug-likeness (QED) is 0.861. The number of hydrogen-bond acceptors (Lipinski definition) is 4. The molecule has 0 bridgehead atoms. The van der Waals surface area contributed by atoms with Crippen molar-refractivity contribution in [1.29, 1.82) is 0 Å². The first-order valence-corrected chi connectivity index (χ1v) is 9.02. The van der Waals surface area contributed by atoms with Crippen LogP contribution < -0.4 is 5.32 Å². The van der Waals surface area contributed by atoms with Crippen molar-refractivity contribution in [1.82, 2.24) is 20.4 Å². The van der Waals surface area contributed by atoms with E-state index in [2.05, 4.69) is 15.5 Å². The fraction of sp³-hybridized carbons (Fsp3) is 0.421. The number of hydrogen-bond donors (Lipinski definition) is 2. The number of ether oxygens (including phenoxy) is 1. The number of amides is 2. The number of nitrogens with one attached hydrogen (secondary N) is 2. The lowest BCUT2D eigenvalue weighted by molar-refractivity contribution is 0.0856. The molecule has 1 aliphatic heterocycles. The maximum Gasteiger partial charge on any atom is 0.409 e. The number of benzene rings is 1. The lowest BCUT2D eigenvalue weighted by Crippen LogP contribution is -2.46. The number of carbonyl (C=O) groups excluding carboxylic acids is 2. The summed E-state index contributed by atoms with van der Waals surface area (Å²) in [4.78, 5) is 25.8. The van der Waals surface area contributed by atoms with Crippen molar-refractivity contribution in [2.75, 3.05) is 19.7 Å². The highest BCUT2D eigenvalue weighted by Crippen LogP contribution is 2.21. The van der Waals surface area contributed by atoms with Gasteiger partial charge in [-0.05, 0) is 56.5 Å². The summed E-state index contributed by atoms with van der Waals surface area (Å²) >= 11 is 0. The van der Waals surface area contributed by atoms with Gasteiger partial charge in [0.05, 0.1) is 12.3 Å². The molecule has 1 aromatic heterocycles. The third kappa shape index (κ3) is 4.45. The Hall–Kier alpha value is -2.90. The van der Waals surface area contributed by atoms with Crippen LogP contribution in [0.2, 0.25) is 0 Å². The van der Waals surface area contributed by atoms with E-state index < -0.39 is 0 Å². The van der Waals surface area contributed by atoms with Crippen LogP contribution in [0.25, 0.3) is 11.3 Å². The molecule has 0 atom stereocenters. The molecule has 1 fully saturated rings. The van der Waals surface area contributed by atoms with E-state index in [4.69, 9.17) is 4.74 Å². The highest BCUT2D eigenvalue weighted by atomic mass is 19.1. The molecule has 2 amide bonds. The van der Waals surface area contributed by atoms with Crippen molar-refractivity contribution in [3.8, 4) is 11.3 Å². The summed E-state index contributed by atoms with van der Waals surface area (Å²) in [5.41, 5.74) is 2.20. The van der Waals surface area contributed by atoms with Crippen molar-refractivity contribution >= 4 is 12.0 Å². The van der Waals surface area contributed by atoms with Gasteiger partial charge < -0.3 is 15.0 Å². The van der Waals surface area contributed by atoms with Gasteiger partial charge in [-0.15, -0.1) is 0 Å². The van der Waals surface area contributed by atoms with Gasteiger partial charge in [-0.3, -0.25) is 9.89 Å². The number of H-pyrrole nitrogens is 1. The molecule has 0 radical (unpaired) electrons. The standard InChI is InChI=1S/C19H23FN4O3/c1-3-27-19(26)24-8-6-14(7-9-24)21-18(25)17-11-16(22-23-17)13-4-5-15(20)12(2)10-13/h4-5,10-11,14H,3,6-9H2,1-2H3,(H,21,25)(H,22,23). The predicted molar refractivity (Wildman–Crippen MR) is 97.8 cm³/mol. The molecule has 2 aromatic rings. The van der Waals surface area contributed by atoms with E-state index in [0.29, 0.717) is 49.5 Å². The molecule has 0 aliphatic carbocycles. The smallest absolute Gasteiger partial charge is 0.409 e. The molecule has 8 heteroatoms. The third-order valence-corrected chi connectivity index (χ3v) is 4.63. The Bertz CT molecular complexity index is 828. The molecule has 1 aliphatic rings. The summed E-state index contributed by atoms with van der Waals surface area (Å²) < 4.78 is 18.4. The minimum atomic E-state index is -0.310. The molecule has 144 valence electrons. The molecule has 2 N–H and O–H groups in total. The molecule has 7 nitrogen and oxygen atoms in total. The van der Waals surface area contributed by atoms with Crippen molar-refractivity contribution in [3.63, 3.8) is 0 Å². The van der Waals surface area contributed by atoms with Gasteiger partial charge in [0.2, 0.25) is 0 Å². The van der Waals surface area contributed by atoms with Crippen LogP contribution in [0.5, 0.6) is 0 Å². The van der Waals surface area contributed by atoms with Gasteiger partial charge in [0.1, 0.15) is 11.5 Å². The van der Waals surface area contributed by atoms with Crippen molar-refractivity contribution in [2.45, 2.75) is 32.7 Å². The Morgan fingerprint density at radius 1 is 1.33 bits per heavy atom. The summed E-state index contributed by atoms with van der Waals surface area (Å²) in [5.74, 6) is -0.524. The summed E-state index contributed by atoms with van der Waals surface area (Å²) in [5, 5.41) is 9.84. The van der Waals surface area contributed by atoms with Crippen molar-refractivity contribution in [3.05, 3.63) is 41.3 Å². The van der Waals surface area contributed by atoms with Crippen LogP contribution in [-0.2, 0) is 4.74 Å². The van der Waals surface area contributed by atoms with E-state index in [9.17, 15) is 14.0 Å². The minimum Gasteiger partial charge on any atom is -0.450 e. The maximum absolute atomic E-state index is 13.4. The predicted octanol–water partition coefficient (Wildman–Crippen LogP) is 2.87. The highest BCUT2D eigenvalue weighted by Gasteiger charge is 2.25. The lowest BCUT2D eigenvalue weighted by Gasteiger charge is -2.31. The topological polar surface area (TPSA) is 87.3 Å². The van der Waals surface area contributed by atoms with Gasteiger partial charge in [-0.2, -0.15) is 5.10 Å². The number of aromatic nitrogens is 2. The first-order chi connectivity index (χ1) is 13.0. The average Bonchev–Trinajstić information content (AvgIpc) is 3.15. The van der Waals surface area contributed by atoms with E-state index >= 15 is 0 Å². The molecule has 2 heterocycles. The van der Waals surface area contributed by atoms with Crippen molar-refractivity contribution < 1.29 is 18.7 Å². The molecule has 1 aromatic carbocycles. The zero-order valence-electron chi connectivity index (χ0n) is 15.4. The fourth-order valence-corrected chi connectivity index (χ4v) is 3.07. The second-order valence-electron chi connectivity index (χ2n) is 6.56. The van der Waals surface area contributed by atoms with Crippen LogP contribution in [0.3, 0.4) is 0 Å². The lowest BCUT2D eigenvalue weighted by atomic mass is 10.1. The number of carbonyl (C=O) groups is 2. The largest absolute Gasteiger partial charge is 0.450 e. The van der Waals surface area contributed by atoms with Crippen LogP contribution in [0.15, 0.2) is 24.3 Å². The Kier molecular flexibility index (Phi) is 5.73. The van der Waals surface area contributed by atoms with Gasteiger partial charge >= 0.3 is 6.09 Å². The van der Waals surface area contributed by atoms with Crippen LogP contribution in [0, 0.1) is 12.7 Å².